The molecular formula is C17H23NO3. The van der Waals surface area contributed by atoms with Crippen LogP contribution in [-0.4, -0.2) is 36.5 Å². The van der Waals surface area contributed by atoms with Crippen molar-refractivity contribution in [3.8, 4) is 0 Å². The molecule has 0 spiro atoms. The first kappa shape index (κ1) is 15.5. The molecule has 4 heteroatoms. The molecule has 2 rings (SSSR count). The van der Waals surface area contributed by atoms with Crippen molar-refractivity contribution in [3.05, 3.63) is 35.9 Å². The molecular weight excluding hydrogens is 266 g/mol. The van der Waals surface area contributed by atoms with Crippen LogP contribution in [0, 0.1) is 11.8 Å². The van der Waals surface area contributed by atoms with Crippen molar-refractivity contribution in [2.24, 2.45) is 11.8 Å². The Kier molecular flexibility index (Phi) is 5.37. The van der Waals surface area contributed by atoms with E-state index in [4.69, 9.17) is 4.74 Å². The standard InChI is InChI=1S/C17H23NO3/c1-13-8-14(2)11-18(10-13)16(19)12-21-17(20)9-15-6-4-3-5-7-15/h3-7,13-14H,8-12H2,1-2H3. The highest BCUT2D eigenvalue weighted by Gasteiger charge is 2.25. The molecule has 0 saturated carbocycles. The summed E-state index contributed by atoms with van der Waals surface area (Å²) in [6.45, 7) is 5.68. The highest BCUT2D eigenvalue weighted by Crippen LogP contribution is 2.20. The van der Waals surface area contributed by atoms with Crippen LogP contribution in [0.1, 0.15) is 25.8 Å². The molecule has 0 radical (unpaired) electrons. The zero-order chi connectivity index (χ0) is 15.2. The minimum absolute atomic E-state index is 0.0881. The Bertz CT molecular complexity index is 476. The molecule has 1 fully saturated rings. The van der Waals surface area contributed by atoms with E-state index >= 15 is 0 Å². The molecule has 1 amide bonds. The molecule has 114 valence electrons. The lowest BCUT2D eigenvalue weighted by atomic mass is 9.92. The van der Waals surface area contributed by atoms with Gasteiger partial charge >= 0.3 is 5.97 Å². The van der Waals surface area contributed by atoms with Gasteiger partial charge in [0.05, 0.1) is 6.42 Å². The molecule has 21 heavy (non-hydrogen) atoms. The number of piperidine rings is 1. The second kappa shape index (κ2) is 7.25. The number of rotatable bonds is 4. The lowest BCUT2D eigenvalue weighted by Gasteiger charge is -2.34. The first-order valence-electron chi connectivity index (χ1n) is 7.52. The third kappa shape index (κ3) is 4.88. The molecule has 1 aromatic carbocycles. The van der Waals surface area contributed by atoms with Crippen LogP contribution in [0.5, 0.6) is 0 Å². The van der Waals surface area contributed by atoms with Crippen LogP contribution in [0.2, 0.25) is 0 Å². The molecule has 4 nitrogen and oxygen atoms in total. The van der Waals surface area contributed by atoms with E-state index in [1.807, 2.05) is 35.2 Å². The SMILES string of the molecule is CC1CC(C)CN(C(=O)COC(=O)Cc2ccccc2)C1. The summed E-state index contributed by atoms with van der Waals surface area (Å²) in [5, 5.41) is 0. The van der Waals surface area contributed by atoms with E-state index in [2.05, 4.69) is 13.8 Å². The number of nitrogens with zero attached hydrogens (tertiary/aromatic N) is 1. The van der Waals surface area contributed by atoms with Crippen LogP contribution in [-0.2, 0) is 20.7 Å². The maximum Gasteiger partial charge on any atom is 0.310 e. The number of benzene rings is 1. The van der Waals surface area contributed by atoms with Gasteiger partial charge in [0, 0.05) is 13.1 Å². The molecule has 0 aromatic heterocycles. The van der Waals surface area contributed by atoms with E-state index in [0.29, 0.717) is 11.8 Å². The summed E-state index contributed by atoms with van der Waals surface area (Å²) < 4.78 is 5.10. The normalized spacial score (nSPS) is 21.9. The fraction of sp³-hybridized carbons (Fsp3) is 0.529. The van der Waals surface area contributed by atoms with Crippen molar-refractivity contribution >= 4 is 11.9 Å². The van der Waals surface area contributed by atoms with Crippen molar-refractivity contribution in [3.63, 3.8) is 0 Å². The minimum Gasteiger partial charge on any atom is -0.455 e. The van der Waals surface area contributed by atoms with Gasteiger partial charge in [-0.05, 0) is 23.8 Å². The molecule has 1 saturated heterocycles. The van der Waals surface area contributed by atoms with E-state index in [1.54, 1.807) is 0 Å². The van der Waals surface area contributed by atoms with Crippen LogP contribution in [0.3, 0.4) is 0 Å². The molecule has 1 aliphatic heterocycles. The first-order chi connectivity index (χ1) is 10.0. The summed E-state index contributed by atoms with van der Waals surface area (Å²) in [4.78, 5) is 25.6. The molecule has 1 heterocycles. The van der Waals surface area contributed by atoms with Gasteiger partial charge in [-0.2, -0.15) is 0 Å². The summed E-state index contributed by atoms with van der Waals surface area (Å²) in [5.41, 5.74) is 0.898. The van der Waals surface area contributed by atoms with Gasteiger partial charge in [-0.25, -0.2) is 0 Å². The third-order valence-electron chi connectivity index (χ3n) is 3.77. The van der Waals surface area contributed by atoms with Gasteiger partial charge in [-0.15, -0.1) is 0 Å². The van der Waals surface area contributed by atoms with Gasteiger partial charge in [0.25, 0.3) is 5.91 Å². The smallest absolute Gasteiger partial charge is 0.310 e. The largest absolute Gasteiger partial charge is 0.455 e. The van der Waals surface area contributed by atoms with Crippen molar-refractivity contribution in [1.29, 1.82) is 0 Å². The van der Waals surface area contributed by atoms with Crippen LogP contribution in [0.15, 0.2) is 30.3 Å². The predicted octanol–water partition coefficient (Wildman–Crippen LogP) is 2.28. The van der Waals surface area contributed by atoms with Crippen molar-refractivity contribution in [1.82, 2.24) is 4.90 Å². The number of hydrogen-bond donors (Lipinski definition) is 0. The van der Waals surface area contributed by atoms with Gasteiger partial charge in [0.15, 0.2) is 6.61 Å². The van der Waals surface area contributed by atoms with Crippen LogP contribution < -0.4 is 0 Å². The lowest BCUT2D eigenvalue weighted by molar-refractivity contribution is -0.152. The second-order valence-electron chi connectivity index (χ2n) is 6.07. The molecule has 0 bridgehead atoms. The van der Waals surface area contributed by atoms with E-state index in [-0.39, 0.29) is 24.9 Å². The molecule has 1 aromatic rings. The summed E-state index contributed by atoms with van der Waals surface area (Å²) in [6.07, 6.45) is 1.36. The monoisotopic (exact) mass is 289 g/mol. The maximum atomic E-state index is 12.1. The predicted molar refractivity (Wildman–Crippen MR) is 80.6 cm³/mol. The minimum atomic E-state index is -0.354. The van der Waals surface area contributed by atoms with Gasteiger partial charge in [-0.3, -0.25) is 9.59 Å². The van der Waals surface area contributed by atoms with Crippen LogP contribution in [0.25, 0.3) is 0 Å². The number of likely N-dealkylation sites (tertiary alicyclic amines) is 1. The van der Waals surface area contributed by atoms with Gasteiger partial charge in [0.1, 0.15) is 0 Å². The van der Waals surface area contributed by atoms with Gasteiger partial charge in [0.2, 0.25) is 0 Å². The summed E-state index contributed by atoms with van der Waals surface area (Å²) in [5.74, 6) is 0.581. The number of amides is 1. The van der Waals surface area contributed by atoms with Crippen LogP contribution in [0.4, 0.5) is 0 Å². The average Bonchev–Trinajstić information content (AvgIpc) is 2.45. The fourth-order valence-electron chi connectivity index (χ4n) is 2.91. The topological polar surface area (TPSA) is 46.6 Å². The quantitative estimate of drug-likeness (QED) is 0.799. The number of carbonyl (C=O) groups excluding carboxylic acids is 2. The van der Waals surface area contributed by atoms with Crippen molar-refractivity contribution in [2.45, 2.75) is 26.7 Å². The molecule has 2 atom stereocenters. The zero-order valence-corrected chi connectivity index (χ0v) is 12.7. The summed E-state index contributed by atoms with van der Waals surface area (Å²) >= 11 is 0. The van der Waals surface area contributed by atoms with E-state index in [9.17, 15) is 9.59 Å². The second-order valence-corrected chi connectivity index (χ2v) is 6.07. The van der Waals surface area contributed by atoms with Crippen LogP contribution >= 0.6 is 0 Å². The average molecular weight is 289 g/mol. The zero-order valence-electron chi connectivity index (χ0n) is 12.7. The van der Waals surface area contributed by atoms with Crippen molar-refractivity contribution < 1.29 is 14.3 Å². The highest BCUT2D eigenvalue weighted by atomic mass is 16.5. The Morgan fingerprint density at radius 1 is 1.14 bits per heavy atom. The van der Waals surface area contributed by atoms with Crippen molar-refractivity contribution in [2.75, 3.05) is 19.7 Å². The number of esters is 1. The molecule has 0 aliphatic carbocycles. The van der Waals surface area contributed by atoms with E-state index in [0.717, 1.165) is 25.1 Å². The van der Waals surface area contributed by atoms with Gasteiger partial charge in [-0.1, -0.05) is 44.2 Å². The highest BCUT2D eigenvalue weighted by molar-refractivity contribution is 5.81. The van der Waals surface area contributed by atoms with E-state index in [1.165, 1.54) is 0 Å². The Hall–Kier alpha value is -1.84. The third-order valence-corrected chi connectivity index (χ3v) is 3.77. The first-order valence-corrected chi connectivity index (χ1v) is 7.52. The molecule has 2 unspecified atom stereocenters. The van der Waals surface area contributed by atoms with E-state index < -0.39 is 0 Å². The molecule has 0 N–H and O–H groups in total. The Labute approximate surface area is 126 Å². The Morgan fingerprint density at radius 2 is 1.76 bits per heavy atom. The Balaban J connectivity index is 1.77. The number of ether oxygens (including phenoxy) is 1. The number of hydrogen-bond acceptors (Lipinski definition) is 3. The summed E-state index contributed by atoms with van der Waals surface area (Å²) in [6, 6.07) is 9.40. The summed E-state index contributed by atoms with van der Waals surface area (Å²) in [7, 11) is 0. The molecule has 1 aliphatic rings. The number of carbonyl (C=O) groups is 2. The maximum absolute atomic E-state index is 12.1. The fourth-order valence-corrected chi connectivity index (χ4v) is 2.91. The van der Waals surface area contributed by atoms with Gasteiger partial charge < -0.3 is 9.64 Å². The lowest BCUT2D eigenvalue weighted by Crippen LogP contribution is -2.44. The Morgan fingerprint density at radius 3 is 2.38 bits per heavy atom.